The van der Waals surface area contributed by atoms with Crippen molar-refractivity contribution in [2.75, 3.05) is 13.2 Å². The van der Waals surface area contributed by atoms with Crippen LogP contribution in [0.4, 0.5) is 0 Å². The summed E-state index contributed by atoms with van der Waals surface area (Å²) >= 11 is 0. The second-order valence-electron chi connectivity index (χ2n) is 11.2. The highest BCUT2D eigenvalue weighted by molar-refractivity contribution is 5.88. The lowest BCUT2D eigenvalue weighted by molar-refractivity contribution is -0.278. The highest BCUT2D eigenvalue weighted by atomic mass is 16.7. The molecule has 2 aromatic carbocycles. The number of phenols is 2. The van der Waals surface area contributed by atoms with Crippen molar-refractivity contribution in [2.45, 2.75) is 75.3 Å². The highest BCUT2D eigenvalue weighted by Crippen LogP contribution is 2.42. The highest BCUT2D eigenvalue weighted by Gasteiger charge is 2.47. The third-order valence-electron chi connectivity index (χ3n) is 7.65. The smallest absolute Gasteiger partial charge is 0.402 e. The molecule has 0 saturated carbocycles. The van der Waals surface area contributed by atoms with Gasteiger partial charge < -0.3 is 69.3 Å². The van der Waals surface area contributed by atoms with Gasteiger partial charge in [-0.05, 0) is 24.3 Å². The van der Waals surface area contributed by atoms with Gasteiger partial charge in [-0.3, -0.25) is 9.59 Å². The van der Waals surface area contributed by atoms with Crippen molar-refractivity contribution in [2.24, 2.45) is 0 Å². The van der Waals surface area contributed by atoms with Crippen LogP contribution in [0.15, 0.2) is 46.9 Å². The zero-order valence-corrected chi connectivity index (χ0v) is 25.5. The monoisotopic (exact) mass is 679 g/mol. The fraction of sp³-hybridized carbons (Fsp3) is 0.452. The summed E-state index contributed by atoms with van der Waals surface area (Å²) < 4.78 is 39.0. The van der Waals surface area contributed by atoms with Gasteiger partial charge >= 0.3 is 23.3 Å². The van der Waals surface area contributed by atoms with Crippen LogP contribution in [0.1, 0.15) is 13.8 Å². The lowest BCUT2D eigenvalue weighted by atomic mass is 9.99. The van der Waals surface area contributed by atoms with Crippen molar-refractivity contribution < 1.29 is 83.3 Å². The molecule has 8 N–H and O–H groups in total. The third-order valence-corrected chi connectivity index (χ3v) is 7.65. The normalized spacial score (nSPS) is 30.4. The average molecular weight is 680 g/mol. The summed E-state index contributed by atoms with van der Waals surface area (Å²) in [6, 6.07) is 9.32. The van der Waals surface area contributed by atoms with E-state index in [1.54, 1.807) is 0 Å². The maximum atomic E-state index is 11.4. The molecule has 3 heterocycles. The lowest BCUT2D eigenvalue weighted by Crippen LogP contribution is -2.60. The average Bonchev–Trinajstić information content (AvgIpc) is 3.04. The van der Waals surface area contributed by atoms with Gasteiger partial charge in [0.25, 0.3) is 0 Å². The number of hydrogen-bond acceptors (Lipinski definition) is 16. The van der Waals surface area contributed by atoms with Gasteiger partial charge in [-0.1, -0.05) is 0 Å². The van der Waals surface area contributed by atoms with E-state index in [9.17, 15) is 50.4 Å². The Bertz CT molecular complexity index is 1610. The van der Waals surface area contributed by atoms with Crippen LogP contribution in [0.5, 0.6) is 23.0 Å². The predicted octanol–water partition coefficient (Wildman–Crippen LogP) is -0.709. The van der Waals surface area contributed by atoms with E-state index in [2.05, 4.69) is 0 Å². The van der Waals surface area contributed by atoms with Crippen molar-refractivity contribution in [3.8, 4) is 34.3 Å². The second-order valence-corrected chi connectivity index (χ2v) is 11.2. The molecule has 2 aliphatic heterocycles. The molecular formula is C31H35O17+. The fourth-order valence-electron chi connectivity index (χ4n) is 5.12. The summed E-state index contributed by atoms with van der Waals surface area (Å²) in [5.41, 5.74) is 0.311. The van der Waals surface area contributed by atoms with Crippen LogP contribution in [-0.4, -0.2) is 127 Å². The molecule has 0 amide bonds. The Hall–Kier alpha value is -4.33. The maximum Gasteiger partial charge on any atom is 0.402 e. The van der Waals surface area contributed by atoms with Gasteiger partial charge in [0.15, 0.2) is 0 Å². The van der Waals surface area contributed by atoms with E-state index in [1.807, 2.05) is 0 Å². The summed E-state index contributed by atoms with van der Waals surface area (Å²) in [5.74, 6) is -2.19. The SMILES string of the molecule is CC(=O)OC[C@H]1O[C@@H](Oc2cc3c(O[C@@H]4O[C@H](COC(C)=O)[C@@H](O)[C@H](O)[C@H]4O)cc(O)cc3[o+]c2-c2ccc(O)cc2)[C@H](O)[C@@H](O)[C@@H]1O. The Morgan fingerprint density at radius 3 is 1.67 bits per heavy atom. The zero-order valence-electron chi connectivity index (χ0n) is 25.5. The molecule has 260 valence electrons. The number of rotatable bonds is 9. The van der Waals surface area contributed by atoms with E-state index in [0.29, 0.717) is 5.56 Å². The minimum Gasteiger partial charge on any atom is -0.508 e. The Labute approximate surface area is 271 Å². The first-order valence-electron chi connectivity index (χ1n) is 14.7. The molecule has 0 radical (unpaired) electrons. The molecule has 17 heteroatoms. The van der Waals surface area contributed by atoms with Crippen molar-refractivity contribution in [1.82, 2.24) is 0 Å². The van der Waals surface area contributed by atoms with Gasteiger partial charge in [-0.15, -0.1) is 0 Å². The number of phenolic OH excluding ortho intramolecular Hbond substituents is 2. The number of fused-ring (bicyclic) bond motifs is 1. The molecule has 2 saturated heterocycles. The standard InChI is InChI=1S/C31H34O17/c1-12(32)42-10-21-23(36)25(38)27(40)30(47-21)45-19-8-16(35)7-18-17(19)9-20(29(44-18)14-3-5-15(34)6-4-14)46-31-28(41)26(39)24(37)22(48-31)11-43-13(2)33/h3-9,21-28,30-31,36-41H,10-11H2,1-2H3,(H-,34,35)/p+1/t21-,22-,23-,24-,25+,26+,27-,28-,30-,31-/m1/s1. The first-order valence-corrected chi connectivity index (χ1v) is 14.7. The molecule has 0 bridgehead atoms. The Morgan fingerprint density at radius 1 is 0.667 bits per heavy atom. The zero-order chi connectivity index (χ0) is 34.9. The number of carbonyl (C=O) groups excluding carboxylic acids is 2. The molecule has 48 heavy (non-hydrogen) atoms. The quantitative estimate of drug-likeness (QED) is 0.103. The molecule has 5 rings (SSSR count). The Morgan fingerprint density at radius 2 is 1.17 bits per heavy atom. The molecule has 0 unspecified atom stereocenters. The molecule has 0 spiro atoms. The van der Waals surface area contributed by atoms with Crippen LogP contribution in [0, 0.1) is 0 Å². The third kappa shape index (κ3) is 7.53. The van der Waals surface area contributed by atoms with Gasteiger partial charge in [0, 0.05) is 26.0 Å². The van der Waals surface area contributed by atoms with Crippen LogP contribution in [0.25, 0.3) is 22.3 Å². The second kappa shape index (κ2) is 14.4. The van der Waals surface area contributed by atoms with Crippen molar-refractivity contribution in [1.29, 1.82) is 0 Å². The molecule has 1 aromatic heterocycles. The van der Waals surface area contributed by atoms with Crippen LogP contribution in [0.2, 0.25) is 0 Å². The van der Waals surface area contributed by atoms with E-state index >= 15 is 0 Å². The number of aliphatic hydroxyl groups is 6. The molecular weight excluding hydrogens is 644 g/mol. The van der Waals surface area contributed by atoms with Crippen molar-refractivity contribution >= 4 is 22.9 Å². The van der Waals surface area contributed by atoms with E-state index in [0.717, 1.165) is 19.9 Å². The maximum absolute atomic E-state index is 11.4. The Balaban J connectivity index is 1.54. The first kappa shape index (κ1) is 35.0. The Kier molecular flexibility index (Phi) is 10.5. The largest absolute Gasteiger partial charge is 0.508 e. The number of hydrogen-bond donors (Lipinski definition) is 8. The van der Waals surface area contributed by atoms with Crippen molar-refractivity contribution in [3.63, 3.8) is 0 Å². The van der Waals surface area contributed by atoms with E-state index in [-0.39, 0.29) is 39.7 Å². The van der Waals surface area contributed by atoms with Gasteiger partial charge in [-0.25, -0.2) is 4.42 Å². The summed E-state index contributed by atoms with van der Waals surface area (Å²) in [6.07, 6.45) is -16.5. The number of ether oxygens (including phenoxy) is 6. The summed E-state index contributed by atoms with van der Waals surface area (Å²) in [5, 5.41) is 83.6. The van der Waals surface area contributed by atoms with Gasteiger partial charge in [0.1, 0.15) is 84.7 Å². The molecule has 10 atom stereocenters. The molecule has 3 aromatic rings. The number of aromatic hydroxyl groups is 2. The number of carbonyl (C=O) groups is 2. The van der Waals surface area contributed by atoms with Gasteiger partial charge in [0.2, 0.25) is 18.3 Å². The van der Waals surface area contributed by atoms with Gasteiger partial charge in [-0.2, -0.15) is 0 Å². The number of aliphatic hydroxyl groups excluding tert-OH is 6. The summed E-state index contributed by atoms with van der Waals surface area (Å²) in [4.78, 5) is 22.7. The number of benzene rings is 2. The van der Waals surface area contributed by atoms with Crippen LogP contribution < -0.4 is 9.47 Å². The minimum atomic E-state index is -1.82. The molecule has 0 aliphatic carbocycles. The predicted molar refractivity (Wildman–Crippen MR) is 157 cm³/mol. The molecule has 2 aliphatic rings. The first-order chi connectivity index (χ1) is 22.7. The fourth-order valence-corrected chi connectivity index (χ4v) is 5.12. The molecule has 2 fully saturated rings. The van der Waals surface area contributed by atoms with E-state index in [1.165, 1.54) is 36.4 Å². The van der Waals surface area contributed by atoms with E-state index < -0.39 is 86.6 Å². The summed E-state index contributed by atoms with van der Waals surface area (Å²) in [6.45, 7) is 1.30. The minimum absolute atomic E-state index is 0.0175. The summed E-state index contributed by atoms with van der Waals surface area (Å²) in [7, 11) is 0. The van der Waals surface area contributed by atoms with Crippen LogP contribution >= 0.6 is 0 Å². The van der Waals surface area contributed by atoms with Crippen molar-refractivity contribution in [3.05, 3.63) is 42.5 Å². The number of esters is 2. The topological polar surface area (TPSA) is 263 Å². The van der Waals surface area contributed by atoms with Crippen LogP contribution in [-0.2, 0) is 28.5 Å². The molecule has 17 nitrogen and oxygen atoms in total. The lowest BCUT2D eigenvalue weighted by Gasteiger charge is -2.40. The van der Waals surface area contributed by atoms with Crippen LogP contribution in [0.3, 0.4) is 0 Å². The van der Waals surface area contributed by atoms with Gasteiger partial charge in [0.05, 0.1) is 11.6 Å². The van der Waals surface area contributed by atoms with E-state index in [4.69, 9.17) is 32.8 Å².